The summed E-state index contributed by atoms with van der Waals surface area (Å²) in [5, 5.41) is 23.2. The van der Waals surface area contributed by atoms with Crippen molar-refractivity contribution in [3.8, 4) is 0 Å². The van der Waals surface area contributed by atoms with Gasteiger partial charge in [0.1, 0.15) is 0 Å². The van der Waals surface area contributed by atoms with Gasteiger partial charge in [0.25, 0.3) is 0 Å². The highest BCUT2D eigenvalue weighted by molar-refractivity contribution is 5.76. The Hall–Kier alpha value is -2.43. The van der Waals surface area contributed by atoms with E-state index in [-0.39, 0.29) is 12.5 Å². The summed E-state index contributed by atoms with van der Waals surface area (Å²) in [6.45, 7) is 4.22. The molecule has 1 amide bonds. The van der Waals surface area contributed by atoms with Gasteiger partial charge in [0.05, 0.1) is 18.8 Å². The van der Waals surface area contributed by atoms with Crippen LogP contribution in [-0.2, 0) is 4.79 Å². The van der Waals surface area contributed by atoms with Gasteiger partial charge in [-0.05, 0) is 70.6 Å². The molecular formula is C66H119NO3. The third kappa shape index (κ3) is 56.5. The Bertz CT molecular complexity index is 1240. The lowest BCUT2D eigenvalue weighted by Crippen LogP contribution is -2.45. The number of carbonyl (C=O) groups excluding carboxylic acids is 1. The summed E-state index contributed by atoms with van der Waals surface area (Å²) in [4.78, 5) is 12.5. The van der Waals surface area contributed by atoms with E-state index in [0.717, 1.165) is 64.2 Å². The van der Waals surface area contributed by atoms with E-state index in [2.05, 4.69) is 92.1 Å². The summed E-state index contributed by atoms with van der Waals surface area (Å²) >= 11 is 0. The fraction of sp³-hybridized carbons (Fsp3) is 0.773. The van der Waals surface area contributed by atoms with E-state index < -0.39 is 12.1 Å². The first-order chi connectivity index (χ1) is 34.7. The molecule has 0 bridgehead atoms. The SMILES string of the molecule is CC/C=C\C/C=C\C/C=C\C/C=C\C/C=C\C/C=C\CCCCCCCCCCCCCCCCCCCCCCC(=O)NC(CO)C(O)/C=C/CCCCCCCCCCCCCCCCCCC. The van der Waals surface area contributed by atoms with Crippen LogP contribution in [-0.4, -0.2) is 34.9 Å². The predicted molar refractivity (Wildman–Crippen MR) is 313 cm³/mol. The summed E-state index contributed by atoms with van der Waals surface area (Å²) < 4.78 is 0. The summed E-state index contributed by atoms with van der Waals surface area (Å²) in [5.41, 5.74) is 0. The minimum absolute atomic E-state index is 0.0608. The number of hydrogen-bond donors (Lipinski definition) is 3. The number of allylic oxidation sites excluding steroid dienone is 13. The molecule has 0 aromatic heterocycles. The van der Waals surface area contributed by atoms with Gasteiger partial charge in [0.2, 0.25) is 5.91 Å². The lowest BCUT2D eigenvalue weighted by Gasteiger charge is -2.20. The number of carbonyl (C=O) groups is 1. The number of nitrogens with one attached hydrogen (secondary N) is 1. The van der Waals surface area contributed by atoms with E-state index in [9.17, 15) is 15.0 Å². The van der Waals surface area contributed by atoms with Crippen molar-refractivity contribution in [3.05, 3.63) is 85.1 Å². The highest BCUT2D eigenvalue weighted by Crippen LogP contribution is 2.17. The number of amides is 1. The van der Waals surface area contributed by atoms with Crippen LogP contribution in [0.15, 0.2) is 85.1 Å². The highest BCUT2D eigenvalue weighted by atomic mass is 16.3. The second-order valence-electron chi connectivity index (χ2n) is 20.7. The minimum atomic E-state index is -0.841. The molecule has 0 spiro atoms. The maximum absolute atomic E-state index is 12.5. The molecule has 0 aromatic carbocycles. The third-order valence-corrected chi connectivity index (χ3v) is 13.9. The average Bonchev–Trinajstić information content (AvgIpc) is 3.36. The Labute approximate surface area is 437 Å². The average molecular weight is 975 g/mol. The smallest absolute Gasteiger partial charge is 0.220 e. The molecule has 2 atom stereocenters. The van der Waals surface area contributed by atoms with E-state index >= 15 is 0 Å². The first-order valence-electron chi connectivity index (χ1n) is 30.8. The van der Waals surface area contributed by atoms with Gasteiger partial charge in [-0.3, -0.25) is 4.79 Å². The largest absolute Gasteiger partial charge is 0.394 e. The highest BCUT2D eigenvalue weighted by Gasteiger charge is 2.18. The first kappa shape index (κ1) is 67.6. The van der Waals surface area contributed by atoms with Gasteiger partial charge in [-0.1, -0.05) is 317 Å². The van der Waals surface area contributed by atoms with Crippen molar-refractivity contribution in [3.63, 3.8) is 0 Å². The number of aliphatic hydroxyl groups is 2. The fourth-order valence-electron chi connectivity index (χ4n) is 9.24. The molecule has 0 saturated heterocycles. The van der Waals surface area contributed by atoms with Crippen molar-refractivity contribution in [2.24, 2.45) is 0 Å². The molecule has 2 unspecified atom stereocenters. The summed E-state index contributed by atoms with van der Waals surface area (Å²) in [6, 6.07) is -0.624. The lowest BCUT2D eigenvalue weighted by molar-refractivity contribution is -0.123. The molecular weight excluding hydrogens is 855 g/mol. The van der Waals surface area contributed by atoms with Gasteiger partial charge < -0.3 is 15.5 Å². The van der Waals surface area contributed by atoms with Crippen molar-refractivity contribution < 1.29 is 15.0 Å². The van der Waals surface area contributed by atoms with E-state index in [1.807, 2.05) is 6.08 Å². The van der Waals surface area contributed by atoms with E-state index in [0.29, 0.717) is 6.42 Å². The maximum atomic E-state index is 12.5. The molecule has 406 valence electrons. The molecule has 0 aliphatic heterocycles. The zero-order valence-corrected chi connectivity index (χ0v) is 46.8. The van der Waals surface area contributed by atoms with Gasteiger partial charge >= 0.3 is 0 Å². The zero-order valence-electron chi connectivity index (χ0n) is 46.8. The Kier molecular flexibility index (Phi) is 58.8. The molecule has 0 radical (unpaired) electrons. The molecule has 0 fully saturated rings. The topological polar surface area (TPSA) is 69.6 Å². The summed E-state index contributed by atoms with van der Waals surface area (Å²) in [5.74, 6) is -0.0608. The van der Waals surface area contributed by atoms with Gasteiger partial charge in [0.15, 0.2) is 0 Å². The van der Waals surface area contributed by atoms with Crippen LogP contribution in [0.3, 0.4) is 0 Å². The van der Waals surface area contributed by atoms with Gasteiger partial charge in [-0.15, -0.1) is 0 Å². The Morgan fingerprint density at radius 2 is 0.629 bits per heavy atom. The van der Waals surface area contributed by atoms with Crippen LogP contribution in [0.5, 0.6) is 0 Å². The van der Waals surface area contributed by atoms with E-state index in [4.69, 9.17) is 0 Å². The second-order valence-corrected chi connectivity index (χ2v) is 20.7. The lowest BCUT2D eigenvalue weighted by atomic mass is 10.0. The van der Waals surface area contributed by atoms with Gasteiger partial charge in [-0.2, -0.15) is 0 Å². The van der Waals surface area contributed by atoms with Gasteiger partial charge in [-0.25, -0.2) is 0 Å². The molecule has 0 aliphatic rings. The Balaban J connectivity index is 3.46. The quantitative estimate of drug-likeness (QED) is 0.0420. The standard InChI is InChI=1S/C66H119NO3/c1-3-5-7-9-11-13-15-17-19-21-23-24-25-26-27-28-29-30-31-32-33-34-35-36-37-38-39-40-41-42-44-46-48-50-52-54-56-58-60-62-66(70)67-64(63-68)65(69)61-59-57-55-53-51-49-47-45-43-22-20-18-16-14-12-10-8-6-4-2/h5,7,11,13,17,19,23-24,26-27,29-30,59,61,64-65,68-69H,3-4,6,8-10,12,14-16,18,20-22,25,28,31-58,60,62-63H2,1-2H3,(H,67,70)/b7-5-,13-11-,19-17-,24-23-,27-26-,30-29-,61-59+. The van der Waals surface area contributed by atoms with Crippen LogP contribution < -0.4 is 5.32 Å². The van der Waals surface area contributed by atoms with Crippen LogP contribution in [0, 0.1) is 0 Å². The summed E-state index contributed by atoms with van der Waals surface area (Å²) in [7, 11) is 0. The van der Waals surface area contributed by atoms with Gasteiger partial charge in [0, 0.05) is 6.42 Å². The first-order valence-corrected chi connectivity index (χ1v) is 30.8. The number of hydrogen-bond acceptors (Lipinski definition) is 3. The molecule has 4 nitrogen and oxygen atoms in total. The van der Waals surface area contributed by atoms with Crippen LogP contribution in [0.25, 0.3) is 0 Å². The van der Waals surface area contributed by atoms with Crippen LogP contribution in [0.1, 0.15) is 309 Å². The number of rotatable bonds is 56. The predicted octanol–water partition coefficient (Wildman–Crippen LogP) is 20.7. The summed E-state index contributed by atoms with van der Waals surface area (Å²) in [6.07, 6.45) is 89.1. The monoisotopic (exact) mass is 974 g/mol. The Morgan fingerprint density at radius 3 is 0.943 bits per heavy atom. The Morgan fingerprint density at radius 1 is 0.357 bits per heavy atom. The van der Waals surface area contributed by atoms with Crippen molar-refractivity contribution in [2.45, 2.75) is 321 Å². The van der Waals surface area contributed by atoms with Crippen LogP contribution >= 0.6 is 0 Å². The van der Waals surface area contributed by atoms with Crippen LogP contribution in [0.2, 0.25) is 0 Å². The number of aliphatic hydroxyl groups excluding tert-OH is 2. The molecule has 3 N–H and O–H groups in total. The fourth-order valence-corrected chi connectivity index (χ4v) is 9.24. The molecule has 0 aliphatic carbocycles. The molecule has 4 heteroatoms. The van der Waals surface area contributed by atoms with Crippen molar-refractivity contribution >= 4 is 5.91 Å². The number of unbranched alkanes of at least 4 members (excludes halogenated alkanes) is 37. The molecule has 0 aromatic rings. The minimum Gasteiger partial charge on any atom is -0.394 e. The molecule has 70 heavy (non-hydrogen) atoms. The third-order valence-electron chi connectivity index (χ3n) is 13.9. The maximum Gasteiger partial charge on any atom is 0.220 e. The zero-order chi connectivity index (χ0) is 50.6. The second kappa shape index (κ2) is 60.9. The molecule has 0 rings (SSSR count). The molecule has 0 heterocycles. The van der Waals surface area contributed by atoms with Crippen molar-refractivity contribution in [2.75, 3.05) is 6.61 Å². The van der Waals surface area contributed by atoms with Crippen molar-refractivity contribution in [1.29, 1.82) is 0 Å². The van der Waals surface area contributed by atoms with Crippen LogP contribution in [0.4, 0.5) is 0 Å². The van der Waals surface area contributed by atoms with Crippen molar-refractivity contribution in [1.82, 2.24) is 5.32 Å². The van der Waals surface area contributed by atoms with E-state index in [1.165, 1.54) is 225 Å². The van der Waals surface area contributed by atoms with E-state index in [1.54, 1.807) is 6.08 Å². The molecule has 0 saturated carbocycles. The normalized spacial score (nSPS) is 13.4.